The van der Waals surface area contributed by atoms with Crippen molar-refractivity contribution in [2.24, 2.45) is 0 Å². The van der Waals surface area contributed by atoms with Crippen LogP contribution in [0.4, 0.5) is 0 Å². The molecule has 0 aliphatic rings. The third-order valence-electron chi connectivity index (χ3n) is 0.158. The summed E-state index contributed by atoms with van der Waals surface area (Å²) in [5, 5.41) is 8.18. The van der Waals surface area contributed by atoms with Crippen LogP contribution in [0, 0.1) is 0 Å². The normalized spacial score (nSPS) is 12.0. The Hall–Kier alpha value is 0.0200. The van der Waals surface area contributed by atoms with Crippen molar-refractivity contribution >= 4 is 15.9 Å². The molecule has 0 aromatic carbocycles. The van der Waals surface area contributed by atoms with E-state index in [0.717, 1.165) is 0 Å². The maximum Gasteiger partial charge on any atom is 0.0960 e. The first-order valence-electron chi connectivity index (χ1n) is 1.23. The van der Waals surface area contributed by atoms with Crippen LogP contribution in [-0.2, 0) is 0 Å². The molecule has 0 bridgehead atoms. The van der Waals surface area contributed by atoms with E-state index in [2.05, 4.69) is 15.9 Å². The fourth-order valence-corrected chi connectivity index (χ4v) is 0. The van der Waals surface area contributed by atoms with Crippen LogP contribution in [0.5, 0.6) is 0 Å². The predicted octanol–water partition coefficient (Wildman–Crippen LogP) is 1.80. The monoisotopic (exact) mass is 136 g/mol. The molecule has 5 heavy (non-hydrogen) atoms. The Labute approximate surface area is 39.4 Å². The second-order valence-corrected chi connectivity index (χ2v) is 1.21. The molecule has 0 amide bonds. The summed E-state index contributed by atoms with van der Waals surface area (Å²) < 4.78 is 0. The topological polar surface area (TPSA) is 20.2 Å². The molecule has 0 aromatic rings. The number of aliphatic hydroxyl groups excluding tert-OH is 1. The molecule has 0 unspecified atom stereocenters. The van der Waals surface area contributed by atoms with Gasteiger partial charge < -0.3 is 5.11 Å². The van der Waals surface area contributed by atoms with Crippen molar-refractivity contribution in [2.75, 3.05) is 0 Å². The molecule has 0 aromatic heterocycles. The SMILES string of the molecule is C/C(O)=C\Br. The van der Waals surface area contributed by atoms with E-state index in [0.29, 0.717) is 5.76 Å². The van der Waals surface area contributed by atoms with Crippen molar-refractivity contribution < 1.29 is 5.11 Å². The molecular weight excluding hydrogens is 132 g/mol. The largest absolute Gasteiger partial charge is 0.512 e. The van der Waals surface area contributed by atoms with Gasteiger partial charge in [0, 0.05) is 4.99 Å². The van der Waals surface area contributed by atoms with E-state index in [1.807, 2.05) is 0 Å². The van der Waals surface area contributed by atoms with Crippen LogP contribution in [0.2, 0.25) is 0 Å². The highest BCUT2D eigenvalue weighted by molar-refractivity contribution is 9.11. The van der Waals surface area contributed by atoms with Gasteiger partial charge in [-0.2, -0.15) is 0 Å². The smallest absolute Gasteiger partial charge is 0.0960 e. The first kappa shape index (κ1) is 5.02. The fraction of sp³-hybridized carbons (Fsp3) is 0.333. The zero-order chi connectivity index (χ0) is 4.28. The van der Waals surface area contributed by atoms with Crippen molar-refractivity contribution in [1.82, 2.24) is 0 Å². The summed E-state index contributed by atoms with van der Waals surface area (Å²) in [6, 6.07) is 0. The number of rotatable bonds is 0. The van der Waals surface area contributed by atoms with Crippen molar-refractivity contribution in [3.63, 3.8) is 0 Å². The summed E-state index contributed by atoms with van der Waals surface area (Å²) in [6.45, 7) is 1.59. The van der Waals surface area contributed by atoms with Crippen molar-refractivity contribution in [3.8, 4) is 0 Å². The zero-order valence-corrected chi connectivity index (χ0v) is 4.49. The minimum Gasteiger partial charge on any atom is -0.512 e. The molecular formula is C3H5BrO. The van der Waals surface area contributed by atoms with Gasteiger partial charge >= 0.3 is 0 Å². The first-order chi connectivity index (χ1) is 2.27. The van der Waals surface area contributed by atoms with Gasteiger partial charge in [0.2, 0.25) is 0 Å². The Morgan fingerprint density at radius 1 is 2.00 bits per heavy atom. The lowest BCUT2D eigenvalue weighted by Crippen LogP contribution is -1.58. The summed E-state index contributed by atoms with van der Waals surface area (Å²) in [6.07, 6.45) is 0. The molecule has 0 saturated carbocycles. The van der Waals surface area contributed by atoms with Gasteiger partial charge in [0.1, 0.15) is 0 Å². The van der Waals surface area contributed by atoms with E-state index in [1.54, 1.807) is 6.92 Å². The molecule has 0 fully saturated rings. The van der Waals surface area contributed by atoms with Crippen LogP contribution in [0.1, 0.15) is 6.92 Å². The highest BCUT2D eigenvalue weighted by atomic mass is 79.9. The van der Waals surface area contributed by atoms with E-state index < -0.39 is 0 Å². The van der Waals surface area contributed by atoms with Gasteiger partial charge in [0.15, 0.2) is 0 Å². The van der Waals surface area contributed by atoms with Gasteiger partial charge in [-0.25, -0.2) is 0 Å². The summed E-state index contributed by atoms with van der Waals surface area (Å²) >= 11 is 2.90. The van der Waals surface area contributed by atoms with E-state index >= 15 is 0 Å². The highest BCUT2D eigenvalue weighted by Gasteiger charge is 1.65. The Kier molecular flexibility index (Phi) is 2.28. The lowest BCUT2D eigenvalue weighted by Gasteiger charge is -1.73. The van der Waals surface area contributed by atoms with Gasteiger partial charge in [-0.1, -0.05) is 15.9 Å². The molecule has 0 rings (SSSR count). The molecule has 2 heteroatoms. The van der Waals surface area contributed by atoms with Crippen LogP contribution < -0.4 is 0 Å². The number of aliphatic hydroxyl groups is 1. The molecule has 1 N–H and O–H groups in total. The molecule has 0 aliphatic carbocycles. The van der Waals surface area contributed by atoms with Gasteiger partial charge in [0.25, 0.3) is 0 Å². The van der Waals surface area contributed by atoms with Gasteiger partial charge in [-0.3, -0.25) is 0 Å². The van der Waals surface area contributed by atoms with E-state index in [4.69, 9.17) is 5.11 Å². The van der Waals surface area contributed by atoms with Crippen LogP contribution in [-0.4, -0.2) is 5.11 Å². The average Bonchev–Trinajstić information content (AvgIpc) is 1.38. The molecule has 0 atom stereocenters. The second kappa shape index (κ2) is 2.27. The summed E-state index contributed by atoms with van der Waals surface area (Å²) in [5.74, 6) is 0.296. The molecule has 1 nitrogen and oxygen atoms in total. The van der Waals surface area contributed by atoms with E-state index in [-0.39, 0.29) is 0 Å². The zero-order valence-electron chi connectivity index (χ0n) is 2.90. The van der Waals surface area contributed by atoms with Crippen molar-refractivity contribution in [3.05, 3.63) is 10.7 Å². The fourth-order valence-electron chi connectivity index (χ4n) is 0. The predicted molar refractivity (Wildman–Crippen MR) is 25.3 cm³/mol. The lowest BCUT2D eigenvalue weighted by molar-refractivity contribution is 0.416. The maximum absolute atomic E-state index is 8.18. The molecule has 0 saturated heterocycles. The van der Waals surface area contributed by atoms with Gasteiger partial charge in [0.05, 0.1) is 5.76 Å². The van der Waals surface area contributed by atoms with Crippen LogP contribution in [0.15, 0.2) is 10.7 Å². The number of hydrogen-bond donors (Lipinski definition) is 1. The minimum absolute atomic E-state index is 0.296. The summed E-state index contributed by atoms with van der Waals surface area (Å²) in [7, 11) is 0. The Morgan fingerprint density at radius 2 is 2.20 bits per heavy atom. The quantitative estimate of drug-likeness (QED) is 0.504. The third kappa shape index (κ3) is 4.02. The number of allylic oxidation sites excluding steroid dienone is 1. The Bertz CT molecular complexity index is 44.9. The van der Waals surface area contributed by atoms with E-state index in [9.17, 15) is 0 Å². The summed E-state index contributed by atoms with van der Waals surface area (Å²) in [4.78, 5) is 1.45. The van der Waals surface area contributed by atoms with Gasteiger partial charge in [-0.05, 0) is 6.92 Å². The first-order valence-corrected chi connectivity index (χ1v) is 2.15. The van der Waals surface area contributed by atoms with Crippen LogP contribution in [0.3, 0.4) is 0 Å². The Morgan fingerprint density at radius 3 is 2.20 bits per heavy atom. The standard InChI is InChI=1S/C3H5BrO/c1-3(5)2-4/h2,5H,1H3/b3-2+. The second-order valence-electron chi connectivity index (χ2n) is 0.750. The third-order valence-corrected chi connectivity index (χ3v) is 0.820. The van der Waals surface area contributed by atoms with Crippen molar-refractivity contribution in [1.29, 1.82) is 0 Å². The molecule has 0 aliphatic heterocycles. The summed E-state index contributed by atoms with van der Waals surface area (Å²) in [5.41, 5.74) is 0. The van der Waals surface area contributed by atoms with Crippen LogP contribution >= 0.6 is 15.9 Å². The molecule has 30 valence electrons. The molecule has 0 spiro atoms. The minimum atomic E-state index is 0.296. The van der Waals surface area contributed by atoms with Crippen LogP contribution in [0.25, 0.3) is 0 Å². The number of hydrogen-bond acceptors (Lipinski definition) is 1. The number of halogens is 1. The average molecular weight is 137 g/mol. The Balaban J connectivity index is 3.14. The molecule has 0 heterocycles. The molecule has 0 radical (unpaired) electrons. The van der Waals surface area contributed by atoms with E-state index in [1.165, 1.54) is 4.99 Å². The van der Waals surface area contributed by atoms with Gasteiger partial charge in [-0.15, -0.1) is 0 Å². The lowest BCUT2D eigenvalue weighted by atomic mass is 10.7. The maximum atomic E-state index is 8.18. The van der Waals surface area contributed by atoms with Crippen molar-refractivity contribution in [2.45, 2.75) is 6.92 Å². The highest BCUT2D eigenvalue weighted by Crippen LogP contribution is 1.87.